The van der Waals surface area contributed by atoms with Crippen LogP contribution < -0.4 is 4.90 Å². The van der Waals surface area contributed by atoms with Crippen LogP contribution in [0.1, 0.15) is 42.5 Å². The third-order valence-corrected chi connectivity index (χ3v) is 3.91. The van der Waals surface area contributed by atoms with E-state index in [4.69, 9.17) is 0 Å². The van der Waals surface area contributed by atoms with Crippen molar-refractivity contribution in [2.45, 2.75) is 45.6 Å². The zero-order valence-electron chi connectivity index (χ0n) is 11.6. The normalized spacial score (nSPS) is 19.3. The molecule has 5 heteroatoms. The summed E-state index contributed by atoms with van der Waals surface area (Å²) in [7, 11) is 0. The number of rotatable bonds is 3. The first-order chi connectivity index (χ1) is 9.19. The van der Waals surface area contributed by atoms with Gasteiger partial charge in [-0.05, 0) is 45.1 Å². The second-order valence-electron chi connectivity index (χ2n) is 5.08. The van der Waals surface area contributed by atoms with Crippen LogP contribution in [0.2, 0.25) is 0 Å². The zero-order valence-corrected chi connectivity index (χ0v) is 11.6. The van der Waals surface area contributed by atoms with Gasteiger partial charge in [-0.1, -0.05) is 0 Å². The largest absolute Gasteiger partial charge is 0.396 e. The maximum Gasteiger partial charge on any atom is 0.169 e. The van der Waals surface area contributed by atoms with Crippen LogP contribution >= 0.6 is 0 Å². The summed E-state index contributed by atoms with van der Waals surface area (Å²) in [6.45, 7) is 4.84. The highest BCUT2D eigenvalue weighted by molar-refractivity contribution is 5.58. The minimum Gasteiger partial charge on any atom is -0.396 e. The molecule has 0 radical (unpaired) electrons. The van der Waals surface area contributed by atoms with Gasteiger partial charge < -0.3 is 10.0 Å². The molecule has 1 N–H and O–H groups in total. The van der Waals surface area contributed by atoms with Gasteiger partial charge in [0.1, 0.15) is 11.6 Å². The van der Waals surface area contributed by atoms with E-state index in [0.717, 1.165) is 37.1 Å². The number of aromatic nitrogens is 2. The van der Waals surface area contributed by atoms with Crippen molar-refractivity contribution in [3.63, 3.8) is 0 Å². The molecule has 0 aliphatic carbocycles. The smallest absolute Gasteiger partial charge is 0.169 e. The maximum absolute atomic E-state index is 9.38. The van der Waals surface area contributed by atoms with Crippen molar-refractivity contribution in [1.82, 2.24) is 10.2 Å². The molecular formula is C14H20N4O. The summed E-state index contributed by atoms with van der Waals surface area (Å²) >= 11 is 0. The molecule has 0 bridgehead atoms. The van der Waals surface area contributed by atoms with E-state index < -0.39 is 0 Å². The molecule has 0 spiro atoms. The first-order valence-corrected chi connectivity index (χ1v) is 6.80. The number of nitrogens with zero attached hydrogens (tertiary/aromatic N) is 4. The van der Waals surface area contributed by atoms with E-state index in [1.807, 2.05) is 13.8 Å². The lowest BCUT2D eigenvalue weighted by Gasteiger charge is -2.36. The number of anilines is 1. The lowest BCUT2D eigenvalue weighted by atomic mass is 9.98. The zero-order chi connectivity index (χ0) is 13.8. The Hall–Kier alpha value is -1.67. The molecule has 1 aliphatic rings. The summed E-state index contributed by atoms with van der Waals surface area (Å²) < 4.78 is 0. The van der Waals surface area contributed by atoms with Crippen LogP contribution in [0.15, 0.2) is 0 Å². The minimum absolute atomic E-state index is 0.168. The van der Waals surface area contributed by atoms with Crippen LogP contribution in [0.25, 0.3) is 0 Å². The highest BCUT2D eigenvalue weighted by atomic mass is 16.3. The van der Waals surface area contributed by atoms with Crippen LogP contribution in [-0.2, 0) is 0 Å². The highest BCUT2D eigenvalue weighted by Crippen LogP contribution is 2.28. The predicted octanol–water partition coefficient (Wildman–Crippen LogP) is 1.71. The average molecular weight is 260 g/mol. The molecule has 1 aromatic heterocycles. The Bertz CT molecular complexity index is 493. The third kappa shape index (κ3) is 2.69. The molecule has 2 heterocycles. The Morgan fingerprint density at radius 1 is 1.37 bits per heavy atom. The Kier molecular flexibility index (Phi) is 4.33. The maximum atomic E-state index is 9.38. The molecule has 19 heavy (non-hydrogen) atoms. The number of aliphatic hydroxyl groups is 1. The highest BCUT2D eigenvalue weighted by Gasteiger charge is 2.26. The predicted molar refractivity (Wildman–Crippen MR) is 72.9 cm³/mol. The first-order valence-electron chi connectivity index (χ1n) is 6.80. The molecule has 1 unspecified atom stereocenters. The van der Waals surface area contributed by atoms with E-state index in [2.05, 4.69) is 21.2 Å². The second-order valence-corrected chi connectivity index (χ2v) is 5.08. The summed E-state index contributed by atoms with van der Waals surface area (Å²) in [5.74, 6) is 0.684. The van der Waals surface area contributed by atoms with Crippen LogP contribution in [-0.4, -0.2) is 34.5 Å². The van der Waals surface area contributed by atoms with E-state index in [9.17, 15) is 10.4 Å². The Morgan fingerprint density at radius 3 is 2.84 bits per heavy atom. The molecule has 1 saturated heterocycles. The molecule has 1 atom stereocenters. The van der Waals surface area contributed by atoms with Gasteiger partial charge in [0, 0.05) is 19.2 Å². The Labute approximate surface area is 113 Å². The molecule has 102 valence electrons. The summed E-state index contributed by atoms with van der Waals surface area (Å²) in [4.78, 5) is 2.15. The lowest BCUT2D eigenvalue weighted by Crippen LogP contribution is -2.41. The van der Waals surface area contributed by atoms with Crippen molar-refractivity contribution < 1.29 is 5.11 Å². The molecule has 0 saturated carbocycles. The van der Waals surface area contributed by atoms with Gasteiger partial charge in [0.2, 0.25) is 0 Å². The Balaban J connectivity index is 2.39. The number of aryl methyl sites for hydroxylation is 1. The van der Waals surface area contributed by atoms with Crippen molar-refractivity contribution in [2.75, 3.05) is 18.1 Å². The van der Waals surface area contributed by atoms with E-state index in [1.54, 1.807) is 0 Å². The quantitative estimate of drug-likeness (QED) is 0.895. The second kappa shape index (κ2) is 5.98. The minimum atomic E-state index is 0.168. The topological polar surface area (TPSA) is 73.0 Å². The number of hydrogen-bond acceptors (Lipinski definition) is 5. The summed E-state index contributed by atoms with van der Waals surface area (Å²) in [6.07, 6.45) is 4.03. The molecule has 1 fully saturated rings. The summed E-state index contributed by atoms with van der Waals surface area (Å²) in [5.41, 5.74) is 2.33. The number of hydrogen-bond donors (Lipinski definition) is 1. The number of piperidine rings is 1. The van der Waals surface area contributed by atoms with Gasteiger partial charge in [0.05, 0.1) is 5.69 Å². The van der Waals surface area contributed by atoms with Gasteiger partial charge in [0.25, 0.3) is 0 Å². The Morgan fingerprint density at radius 2 is 2.16 bits per heavy atom. The van der Waals surface area contributed by atoms with E-state index >= 15 is 0 Å². The lowest BCUT2D eigenvalue weighted by molar-refractivity contribution is 0.262. The van der Waals surface area contributed by atoms with Crippen molar-refractivity contribution in [3.8, 4) is 6.07 Å². The van der Waals surface area contributed by atoms with Gasteiger partial charge in [0.15, 0.2) is 5.82 Å². The number of aliphatic hydroxyl groups excluding tert-OH is 1. The molecule has 5 nitrogen and oxygen atoms in total. The monoisotopic (exact) mass is 260 g/mol. The number of nitriles is 1. The van der Waals surface area contributed by atoms with Crippen molar-refractivity contribution in [3.05, 3.63) is 16.8 Å². The van der Waals surface area contributed by atoms with Gasteiger partial charge >= 0.3 is 0 Å². The molecule has 2 rings (SSSR count). The van der Waals surface area contributed by atoms with Crippen molar-refractivity contribution in [1.29, 1.82) is 5.26 Å². The third-order valence-electron chi connectivity index (χ3n) is 3.91. The molecule has 0 amide bonds. The summed E-state index contributed by atoms with van der Waals surface area (Å²) in [5, 5.41) is 26.9. The molecular weight excluding hydrogens is 240 g/mol. The van der Waals surface area contributed by atoms with Crippen molar-refractivity contribution in [2.24, 2.45) is 0 Å². The van der Waals surface area contributed by atoms with E-state index in [1.165, 1.54) is 6.42 Å². The fraction of sp³-hybridized carbons (Fsp3) is 0.643. The molecule has 1 aromatic rings. The van der Waals surface area contributed by atoms with E-state index in [-0.39, 0.29) is 12.6 Å². The van der Waals surface area contributed by atoms with Crippen LogP contribution in [0.4, 0.5) is 5.82 Å². The molecule has 0 aromatic carbocycles. The summed E-state index contributed by atoms with van der Waals surface area (Å²) in [6, 6.07) is 2.52. The fourth-order valence-electron chi connectivity index (χ4n) is 2.66. The molecule has 1 aliphatic heterocycles. The standard InChI is InChI=1S/C14H20N4O/c1-10-11(2)16-17-14(13(10)9-15)18-7-4-3-5-12(18)6-8-19/h12,19H,3-8H2,1-2H3. The SMILES string of the molecule is Cc1nnc(N2CCCCC2CCO)c(C#N)c1C. The van der Waals surface area contributed by atoms with Crippen LogP contribution in [0.3, 0.4) is 0 Å². The fourth-order valence-corrected chi connectivity index (χ4v) is 2.66. The van der Waals surface area contributed by atoms with Gasteiger partial charge in [-0.25, -0.2) is 0 Å². The first kappa shape index (κ1) is 13.8. The van der Waals surface area contributed by atoms with Crippen molar-refractivity contribution >= 4 is 5.82 Å². The van der Waals surface area contributed by atoms with Crippen LogP contribution in [0, 0.1) is 25.2 Å². The average Bonchev–Trinajstić information content (AvgIpc) is 2.43. The van der Waals surface area contributed by atoms with Gasteiger partial charge in [-0.2, -0.15) is 10.4 Å². The van der Waals surface area contributed by atoms with Gasteiger partial charge in [-0.15, -0.1) is 5.10 Å². The van der Waals surface area contributed by atoms with E-state index in [0.29, 0.717) is 11.4 Å². The van der Waals surface area contributed by atoms with Gasteiger partial charge in [-0.3, -0.25) is 0 Å². The van der Waals surface area contributed by atoms with Crippen LogP contribution in [0.5, 0.6) is 0 Å².